The van der Waals surface area contributed by atoms with Gasteiger partial charge in [0.2, 0.25) is 11.0 Å². The van der Waals surface area contributed by atoms with Crippen LogP contribution in [0.15, 0.2) is 30.4 Å². The van der Waals surface area contributed by atoms with E-state index >= 15 is 0 Å². The Morgan fingerprint density at radius 3 is 2.43 bits per heavy atom. The smallest absolute Gasteiger partial charge is 0.325 e. The summed E-state index contributed by atoms with van der Waals surface area (Å²) in [6.45, 7) is 4.37. The van der Waals surface area contributed by atoms with Crippen molar-refractivity contribution in [2.75, 3.05) is 5.32 Å². The van der Waals surface area contributed by atoms with Crippen LogP contribution in [0.2, 0.25) is 0 Å². The monoisotopic (exact) mass is 545 g/mol. The Hall–Kier alpha value is -1.97. The van der Waals surface area contributed by atoms with Gasteiger partial charge in [-0.1, -0.05) is 31.7 Å². The van der Waals surface area contributed by atoms with Crippen LogP contribution in [0.1, 0.15) is 63.5 Å². The first-order chi connectivity index (χ1) is 17.1. The number of allylic oxidation sites excluding steroid dienone is 1. The van der Waals surface area contributed by atoms with Crippen molar-refractivity contribution in [3.05, 3.63) is 41.5 Å². The van der Waals surface area contributed by atoms with Crippen LogP contribution in [0.5, 0.6) is 0 Å². The van der Waals surface area contributed by atoms with Gasteiger partial charge < -0.3 is 5.32 Å². The zero-order chi connectivity index (χ0) is 27.0. The molecule has 1 N–H and O–H groups in total. The SMILES string of the molecule is C[C@]12CC[C@H]3[C@@H](CCC4SC(=O)C=C[C@@]43C)[C@@H]1C[C@H](C(=O)Nc1ccc(C(F)(F)F)cc1C(F)(F)F)C2. The molecule has 0 saturated heterocycles. The van der Waals surface area contributed by atoms with E-state index in [1.165, 1.54) is 11.8 Å². The van der Waals surface area contributed by atoms with E-state index in [-0.39, 0.29) is 33.2 Å². The fourth-order valence-corrected chi connectivity index (χ4v) is 8.95. The summed E-state index contributed by atoms with van der Waals surface area (Å²) in [6.07, 6.45) is -1.44. The third-order valence-corrected chi connectivity index (χ3v) is 11.0. The number of anilines is 1. The van der Waals surface area contributed by atoms with E-state index in [9.17, 15) is 35.9 Å². The van der Waals surface area contributed by atoms with E-state index in [1.54, 1.807) is 6.08 Å². The second-order valence-corrected chi connectivity index (χ2v) is 12.9. The summed E-state index contributed by atoms with van der Waals surface area (Å²) in [5.74, 6) is -0.134. The molecule has 0 spiro atoms. The zero-order valence-corrected chi connectivity index (χ0v) is 21.3. The van der Waals surface area contributed by atoms with Gasteiger partial charge in [0, 0.05) is 16.6 Å². The van der Waals surface area contributed by atoms with Crippen molar-refractivity contribution in [3.8, 4) is 0 Å². The largest absolute Gasteiger partial charge is 0.418 e. The molecule has 3 aliphatic carbocycles. The number of halogens is 6. The number of fused-ring (bicyclic) bond motifs is 5. The highest BCUT2D eigenvalue weighted by molar-refractivity contribution is 8.14. The van der Waals surface area contributed by atoms with E-state index < -0.39 is 41.0 Å². The van der Waals surface area contributed by atoms with Crippen molar-refractivity contribution in [3.63, 3.8) is 0 Å². The molecule has 0 bridgehead atoms. The number of nitrogens with one attached hydrogen (secondary N) is 1. The molecule has 1 aliphatic heterocycles. The molecular weight excluding hydrogens is 516 g/mol. The molecule has 10 heteroatoms. The summed E-state index contributed by atoms with van der Waals surface area (Å²) >= 11 is 1.41. The molecule has 7 atom stereocenters. The van der Waals surface area contributed by atoms with Crippen molar-refractivity contribution in [1.82, 2.24) is 0 Å². The second kappa shape index (κ2) is 8.78. The normalized spacial score (nSPS) is 37.5. The first-order valence-electron chi connectivity index (χ1n) is 12.6. The molecule has 1 heterocycles. The number of amides is 1. The average Bonchev–Trinajstić information content (AvgIpc) is 3.16. The molecule has 5 rings (SSSR count). The van der Waals surface area contributed by atoms with Gasteiger partial charge in [-0.25, -0.2) is 0 Å². The maximum absolute atomic E-state index is 13.6. The van der Waals surface area contributed by atoms with Crippen LogP contribution in [-0.2, 0) is 21.9 Å². The summed E-state index contributed by atoms with van der Waals surface area (Å²) in [6, 6.07) is 1.31. The highest BCUT2D eigenvalue weighted by Crippen LogP contribution is 2.66. The molecule has 1 aromatic carbocycles. The Morgan fingerprint density at radius 1 is 1.03 bits per heavy atom. The van der Waals surface area contributed by atoms with Crippen molar-refractivity contribution in [2.45, 2.75) is 70.0 Å². The number of benzene rings is 1. The van der Waals surface area contributed by atoms with Gasteiger partial charge in [0.15, 0.2) is 0 Å². The summed E-state index contributed by atoms with van der Waals surface area (Å²) in [7, 11) is 0. The lowest BCUT2D eigenvalue weighted by atomic mass is 9.50. The van der Waals surface area contributed by atoms with Gasteiger partial charge in [-0.3, -0.25) is 9.59 Å². The molecule has 202 valence electrons. The molecule has 4 aliphatic rings. The second-order valence-electron chi connectivity index (χ2n) is 11.7. The van der Waals surface area contributed by atoms with Crippen LogP contribution in [0.4, 0.5) is 32.0 Å². The number of rotatable bonds is 2. The minimum absolute atomic E-state index is 0.0511. The van der Waals surface area contributed by atoms with Crippen LogP contribution in [-0.4, -0.2) is 16.3 Å². The predicted octanol–water partition coefficient (Wildman–Crippen LogP) is 7.72. The zero-order valence-electron chi connectivity index (χ0n) is 20.5. The Bertz CT molecular complexity index is 1150. The van der Waals surface area contributed by atoms with Gasteiger partial charge in [-0.2, -0.15) is 26.3 Å². The first-order valence-corrected chi connectivity index (χ1v) is 13.5. The van der Waals surface area contributed by atoms with Crippen LogP contribution in [0, 0.1) is 34.5 Å². The van der Waals surface area contributed by atoms with Gasteiger partial charge in [0.1, 0.15) is 0 Å². The predicted molar refractivity (Wildman–Crippen MR) is 128 cm³/mol. The van der Waals surface area contributed by atoms with Crippen molar-refractivity contribution in [2.24, 2.45) is 34.5 Å². The fraction of sp³-hybridized carbons (Fsp3) is 0.630. The number of hydrogen-bond acceptors (Lipinski definition) is 3. The molecule has 1 aromatic rings. The van der Waals surface area contributed by atoms with Gasteiger partial charge in [-0.05, 0) is 86.0 Å². The highest BCUT2D eigenvalue weighted by atomic mass is 32.2. The minimum Gasteiger partial charge on any atom is -0.325 e. The van der Waals surface area contributed by atoms with Gasteiger partial charge in [0.25, 0.3) is 0 Å². The Labute approximate surface area is 215 Å². The number of carbonyl (C=O) groups is 2. The lowest BCUT2D eigenvalue weighted by Crippen LogP contribution is -2.52. The number of alkyl halides is 6. The maximum atomic E-state index is 13.6. The Balaban J connectivity index is 1.36. The topological polar surface area (TPSA) is 46.2 Å². The molecule has 1 amide bonds. The van der Waals surface area contributed by atoms with E-state index in [4.69, 9.17) is 0 Å². The number of thioether (sulfide) groups is 1. The molecule has 1 unspecified atom stereocenters. The standard InChI is InChI=1S/C27H29F6NO2S/c1-24-9-7-17-16(4-6-21-25(17,2)10-8-22(35)37-21)18(24)11-14(13-24)23(36)34-20-5-3-15(26(28,29)30)12-19(20)27(31,32)33/h3,5,8,10,12,14,16-18,21H,4,6-7,9,11,13H2,1-2H3,(H,34,36)/t14-,16+,17-,18-,21?,24+,25+/m0/s1. The van der Waals surface area contributed by atoms with Gasteiger partial charge in [-0.15, -0.1) is 0 Å². The number of hydrogen-bond donors (Lipinski definition) is 1. The molecule has 37 heavy (non-hydrogen) atoms. The van der Waals surface area contributed by atoms with E-state index in [2.05, 4.69) is 25.2 Å². The quantitative estimate of drug-likeness (QED) is 0.387. The van der Waals surface area contributed by atoms with Crippen LogP contribution >= 0.6 is 11.8 Å². The van der Waals surface area contributed by atoms with E-state index in [0.29, 0.717) is 36.8 Å². The summed E-state index contributed by atoms with van der Waals surface area (Å²) < 4.78 is 79.8. The van der Waals surface area contributed by atoms with Crippen molar-refractivity contribution in [1.29, 1.82) is 0 Å². The molecular formula is C27H29F6NO2S. The van der Waals surface area contributed by atoms with Crippen LogP contribution in [0.25, 0.3) is 0 Å². The van der Waals surface area contributed by atoms with Gasteiger partial charge in [0.05, 0.1) is 16.8 Å². The van der Waals surface area contributed by atoms with Crippen molar-refractivity contribution < 1.29 is 35.9 Å². The Kier molecular flexibility index (Phi) is 6.32. The summed E-state index contributed by atoms with van der Waals surface area (Å²) in [5, 5.41) is 2.63. The third-order valence-electron chi connectivity index (χ3n) is 9.58. The molecule has 3 nitrogen and oxygen atoms in total. The Morgan fingerprint density at radius 2 is 1.76 bits per heavy atom. The highest BCUT2D eigenvalue weighted by Gasteiger charge is 2.59. The third kappa shape index (κ3) is 4.61. The summed E-state index contributed by atoms with van der Waals surface area (Å²) in [4.78, 5) is 25.2. The molecule has 0 aromatic heterocycles. The molecule has 0 radical (unpaired) electrons. The lowest BCUT2D eigenvalue weighted by Gasteiger charge is -2.57. The first kappa shape index (κ1) is 26.6. The molecule has 3 saturated carbocycles. The molecule has 3 fully saturated rings. The summed E-state index contributed by atoms with van der Waals surface area (Å²) in [5.41, 5.74) is -3.79. The van der Waals surface area contributed by atoms with Crippen molar-refractivity contribution >= 4 is 28.5 Å². The average molecular weight is 546 g/mol. The number of carbonyl (C=O) groups excluding carboxylic acids is 2. The van der Waals surface area contributed by atoms with Crippen LogP contribution < -0.4 is 5.32 Å². The fourth-order valence-electron chi connectivity index (χ4n) is 7.76. The van der Waals surface area contributed by atoms with Crippen LogP contribution in [0.3, 0.4) is 0 Å². The van der Waals surface area contributed by atoms with Gasteiger partial charge >= 0.3 is 12.4 Å². The maximum Gasteiger partial charge on any atom is 0.418 e. The minimum atomic E-state index is -5.05. The van der Waals surface area contributed by atoms with E-state index in [1.807, 2.05) is 0 Å². The van der Waals surface area contributed by atoms with E-state index in [0.717, 1.165) is 25.7 Å². The lowest BCUT2D eigenvalue weighted by molar-refractivity contribution is -0.142.